The Bertz CT molecular complexity index is 443. The highest BCUT2D eigenvalue weighted by Gasteiger charge is 2.25. The zero-order valence-corrected chi connectivity index (χ0v) is 9.86. The van der Waals surface area contributed by atoms with Crippen LogP contribution < -0.4 is 16.8 Å². The minimum atomic E-state index is -0.794. The van der Waals surface area contributed by atoms with E-state index >= 15 is 0 Å². The SMILES string of the molecule is CC(C)(CNC(=O)c1ccncc1N)C(N)=O. The molecule has 1 heterocycles. The van der Waals surface area contributed by atoms with Crippen LogP contribution in [0.3, 0.4) is 0 Å². The zero-order chi connectivity index (χ0) is 13.1. The fourth-order valence-electron chi connectivity index (χ4n) is 1.10. The largest absolute Gasteiger partial charge is 0.397 e. The van der Waals surface area contributed by atoms with Crippen LogP contribution in [-0.2, 0) is 4.79 Å². The molecule has 0 fully saturated rings. The first-order valence-electron chi connectivity index (χ1n) is 5.12. The highest BCUT2D eigenvalue weighted by Crippen LogP contribution is 2.13. The number of nitrogens with zero attached hydrogens (tertiary/aromatic N) is 1. The van der Waals surface area contributed by atoms with Gasteiger partial charge in [-0.05, 0) is 19.9 Å². The number of hydrogen-bond donors (Lipinski definition) is 3. The number of aromatic nitrogens is 1. The van der Waals surface area contributed by atoms with Gasteiger partial charge in [0, 0.05) is 12.7 Å². The molecule has 0 aliphatic heterocycles. The maximum Gasteiger partial charge on any atom is 0.253 e. The number of carbonyl (C=O) groups excluding carboxylic acids is 2. The molecule has 0 aromatic carbocycles. The van der Waals surface area contributed by atoms with Crippen molar-refractivity contribution in [2.24, 2.45) is 11.1 Å². The average Bonchev–Trinajstić information content (AvgIpc) is 2.26. The Morgan fingerprint density at radius 1 is 1.47 bits per heavy atom. The van der Waals surface area contributed by atoms with Crippen molar-refractivity contribution in [3.63, 3.8) is 0 Å². The van der Waals surface area contributed by atoms with Gasteiger partial charge in [0.05, 0.1) is 22.9 Å². The van der Waals surface area contributed by atoms with Crippen LogP contribution in [0.5, 0.6) is 0 Å². The third-order valence-corrected chi connectivity index (χ3v) is 2.45. The molecule has 17 heavy (non-hydrogen) atoms. The number of nitrogens with two attached hydrogens (primary N) is 2. The third kappa shape index (κ3) is 3.17. The first kappa shape index (κ1) is 13.0. The zero-order valence-electron chi connectivity index (χ0n) is 9.86. The van der Waals surface area contributed by atoms with E-state index in [1.165, 1.54) is 18.5 Å². The molecule has 2 amide bonds. The van der Waals surface area contributed by atoms with E-state index < -0.39 is 11.3 Å². The van der Waals surface area contributed by atoms with Crippen molar-refractivity contribution in [1.29, 1.82) is 0 Å². The van der Waals surface area contributed by atoms with E-state index in [1.54, 1.807) is 13.8 Å². The molecule has 6 heteroatoms. The summed E-state index contributed by atoms with van der Waals surface area (Å²) in [5, 5.41) is 2.61. The Morgan fingerprint density at radius 3 is 2.65 bits per heavy atom. The molecule has 0 aliphatic carbocycles. The van der Waals surface area contributed by atoms with Crippen molar-refractivity contribution in [2.45, 2.75) is 13.8 Å². The molecule has 0 saturated carbocycles. The van der Waals surface area contributed by atoms with Crippen molar-refractivity contribution in [3.05, 3.63) is 24.0 Å². The predicted molar refractivity (Wildman–Crippen MR) is 64.0 cm³/mol. The molecule has 1 aromatic rings. The first-order valence-corrected chi connectivity index (χ1v) is 5.12. The second-order valence-corrected chi connectivity index (χ2v) is 4.39. The third-order valence-electron chi connectivity index (χ3n) is 2.45. The normalized spacial score (nSPS) is 10.9. The summed E-state index contributed by atoms with van der Waals surface area (Å²) < 4.78 is 0. The molecule has 0 saturated heterocycles. The van der Waals surface area contributed by atoms with E-state index in [-0.39, 0.29) is 12.5 Å². The van der Waals surface area contributed by atoms with Crippen molar-refractivity contribution >= 4 is 17.5 Å². The second-order valence-electron chi connectivity index (χ2n) is 4.39. The highest BCUT2D eigenvalue weighted by atomic mass is 16.2. The molecule has 0 unspecified atom stereocenters. The van der Waals surface area contributed by atoms with Crippen molar-refractivity contribution in [3.8, 4) is 0 Å². The number of nitrogens with one attached hydrogen (secondary N) is 1. The molecular weight excluding hydrogens is 220 g/mol. The fourth-order valence-corrected chi connectivity index (χ4v) is 1.10. The number of pyridine rings is 1. The first-order chi connectivity index (χ1) is 7.84. The lowest BCUT2D eigenvalue weighted by Gasteiger charge is -2.20. The van der Waals surface area contributed by atoms with Gasteiger partial charge in [-0.2, -0.15) is 0 Å². The van der Waals surface area contributed by atoms with E-state index in [4.69, 9.17) is 11.5 Å². The van der Waals surface area contributed by atoms with Gasteiger partial charge in [-0.3, -0.25) is 14.6 Å². The van der Waals surface area contributed by atoms with Crippen LogP contribution in [-0.4, -0.2) is 23.3 Å². The summed E-state index contributed by atoms with van der Waals surface area (Å²) in [6.45, 7) is 3.47. The Morgan fingerprint density at radius 2 is 2.12 bits per heavy atom. The van der Waals surface area contributed by atoms with Gasteiger partial charge < -0.3 is 16.8 Å². The van der Waals surface area contributed by atoms with Crippen LogP contribution in [0.1, 0.15) is 24.2 Å². The summed E-state index contributed by atoms with van der Waals surface area (Å²) in [6.07, 6.45) is 2.87. The number of anilines is 1. The van der Waals surface area contributed by atoms with Crippen LogP contribution in [0, 0.1) is 5.41 Å². The van der Waals surface area contributed by atoms with Gasteiger partial charge in [0.25, 0.3) is 5.91 Å². The minimum absolute atomic E-state index is 0.156. The fraction of sp³-hybridized carbons (Fsp3) is 0.364. The Labute approximate surface area is 99.4 Å². The van der Waals surface area contributed by atoms with E-state index in [9.17, 15) is 9.59 Å². The van der Waals surface area contributed by atoms with Gasteiger partial charge in [0.1, 0.15) is 0 Å². The molecule has 0 bridgehead atoms. The van der Waals surface area contributed by atoms with Gasteiger partial charge in [-0.25, -0.2) is 0 Å². The number of rotatable bonds is 4. The molecule has 0 spiro atoms. The Balaban J connectivity index is 2.69. The molecule has 0 atom stereocenters. The molecule has 0 radical (unpaired) electrons. The Kier molecular flexibility index (Phi) is 3.67. The average molecular weight is 236 g/mol. The van der Waals surface area contributed by atoms with Crippen LogP contribution in [0.25, 0.3) is 0 Å². The van der Waals surface area contributed by atoms with Gasteiger partial charge in [-0.15, -0.1) is 0 Å². The lowest BCUT2D eigenvalue weighted by atomic mass is 9.92. The van der Waals surface area contributed by atoms with Gasteiger partial charge in [0.2, 0.25) is 5.91 Å². The van der Waals surface area contributed by atoms with E-state index in [0.717, 1.165) is 0 Å². The summed E-state index contributed by atoms with van der Waals surface area (Å²) in [5.74, 6) is -0.820. The van der Waals surface area contributed by atoms with Gasteiger partial charge in [0.15, 0.2) is 0 Å². The van der Waals surface area contributed by atoms with E-state index in [1.807, 2.05) is 0 Å². The number of nitrogen functional groups attached to an aromatic ring is 1. The minimum Gasteiger partial charge on any atom is -0.397 e. The standard InChI is InChI=1S/C11H16N4O2/c1-11(2,10(13)17)6-15-9(16)7-3-4-14-5-8(7)12/h3-5H,6,12H2,1-2H3,(H2,13,17)(H,15,16). The maximum atomic E-state index is 11.8. The van der Waals surface area contributed by atoms with Gasteiger partial charge in [-0.1, -0.05) is 0 Å². The van der Waals surface area contributed by atoms with Crippen molar-refractivity contribution in [2.75, 3.05) is 12.3 Å². The molecular formula is C11H16N4O2. The van der Waals surface area contributed by atoms with E-state index in [0.29, 0.717) is 11.3 Å². The van der Waals surface area contributed by atoms with Gasteiger partial charge >= 0.3 is 0 Å². The van der Waals surface area contributed by atoms with Crippen LogP contribution in [0.2, 0.25) is 0 Å². The highest BCUT2D eigenvalue weighted by molar-refractivity contribution is 5.99. The van der Waals surface area contributed by atoms with Crippen molar-refractivity contribution < 1.29 is 9.59 Å². The monoisotopic (exact) mass is 236 g/mol. The predicted octanol–water partition coefficient (Wildman–Crippen LogP) is -0.0949. The van der Waals surface area contributed by atoms with Crippen LogP contribution in [0.15, 0.2) is 18.5 Å². The number of hydrogen-bond acceptors (Lipinski definition) is 4. The molecule has 1 rings (SSSR count). The second kappa shape index (κ2) is 4.82. The maximum absolute atomic E-state index is 11.8. The van der Waals surface area contributed by atoms with Crippen LogP contribution in [0.4, 0.5) is 5.69 Å². The number of carbonyl (C=O) groups is 2. The smallest absolute Gasteiger partial charge is 0.253 e. The summed E-state index contributed by atoms with van der Waals surface area (Å²) in [5.41, 5.74) is 10.6. The number of primary amides is 1. The van der Waals surface area contributed by atoms with Crippen LogP contribution >= 0.6 is 0 Å². The molecule has 5 N–H and O–H groups in total. The quantitative estimate of drug-likeness (QED) is 0.678. The molecule has 1 aromatic heterocycles. The topological polar surface area (TPSA) is 111 Å². The lowest BCUT2D eigenvalue weighted by molar-refractivity contribution is -0.125. The van der Waals surface area contributed by atoms with Crippen molar-refractivity contribution in [1.82, 2.24) is 10.3 Å². The Hall–Kier alpha value is -2.11. The summed E-state index contributed by atoms with van der Waals surface area (Å²) in [7, 11) is 0. The molecule has 6 nitrogen and oxygen atoms in total. The molecule has 0 aliphatic rings. The lowest BCUT2D eigenvalue weighted by Crippen LogP contribution is -2.42. The molecule has 92 valence electrons. The number of amides is 2. The van der Waals surface area contributed by atoms with E-state index in [2.05, 4.69) is 10.3 Å². The summed E-state index contributed by atoms with van der Waals surface area (Å²) in [4.78, 5) is 26.6. The summed E-state index contributed by atoms with van der Waals surface area (Å²) >= 11 is 0. The summed E-state index contributed by atoms with van der Waals surface area (Å²) in [6, 6.07) is 1.52.